The van der Waals surface area contributed by atoms with E-state index in [1.165, 1.54) is 0 Å². The first-order valence-electron chi connectivity index (χ1n) is 13.8. The van der Waals surface area contributed by atoms with Gasteiger partial charge in [-0.15, -0.1) is 0 Å². The maximum Gasteiger partial charge on any atom is 0.274 e. The highest BCUT2D eigenvalue weighted by atomic mass is 16.2. The fraction of sp³-hybridized carbons (Fsp3) is 0.125. The fourth-order valence-electron chi connectivity index (χ4n) is 5.40. The van der Waals surface area contributed by atoms with Crippen LogP contribution < -0.4 is 15.5 Å². The second kappa shape index (κ2) is 10.2. The van der Waals surface area contributed by atoms with Gasteiger partial charge in [0.15, 0.2) is 5.82 Å². The van der Waals surface area contributed by atoms with Gasteiger partial charge in [-0.05, 0) is 49.7 Å². The van der Waals surface area contributed by atoms with Crippen LogP contribution in [0.3, 0.4) is 0 Å². The molecule has 0 atom stereocenters. The molecule has 43 heavy (non-hydrogen) atoms. The van der Waals surface area contributed by atoms with Gasteiger partial charge in [0.2, 0.25) is 5.95 Å². The molecule has 0 unspecified atom stereocenters. The van der Waals surface area contributed by atoms with E-state index in [-0.39, 0.29) is 11.8 Å². The lowest BCUT2D eigenvalue weighted by Gasteiger charge is -2.17. The number of pyridine rings is 1. The van der Waals surface area contributed by atoms with Crippen LogP contribution >= 0.6 is 0 Å². The van der Waals surface area contributed by atoms with Gasteiger partial charge < -0.3 is 20.5 Å². The van der Waals surface area contributed by atoms with E-state index in [4.69, 9.17) is 4.98 Å². The zero-order chi connectivity index (χ0) is 29.7. The third-order valence-corrected chi connectivity index (χ3v) is 7.68. The molecule has 0 saturated heterocycles. The summed E-state index contributed by atoms with van der Waals surface area (Å²) in [4.78, 5) is 45.0. The largest absolute Gasteiger partial charge is 0.359 e. The van der Waals surface area contributed by atoms with Crippen LogP contribution in [0.15, 0.2) is 79.3 Å². The molecule has 212 valence electrons. The normalized spacial score (nSPS) is 12.5. The molecule has 3 N–H and O–H groups in total. The van der Waals surface area contributed by atoms with Crippen LogP contribution in [0, 0.1) is 13.8 Å². The predicted octanol–water partition coefficient (Wildman–Crippen LogP) is 5.53. The highest BCUT2D eigenvalue weighted by Crippen LogP contribution is 2.39. The van der Waals surface area contributed by atoms with Crippen molar-refractivity contribution in [3.8, 4) is 11.3 Å². The molecule has 4 aromatic heterocycles. The maximum atomic E-state index is 13.7. The number of nitrogens with zero attached hydrogens (tertiary/aromatic N) is 6. The zero-order valence-electron chi connectivity index (χ0n) is 23.7. The second-order valence-electron chi connectivity index (χ2n) is 10.4. The molecule has 0 radical (unpaired) electrons. The summed E-state index contributed by atoms with van der Waals surface area (Å²) in [6, 6.07) is 18.3. The van der Waals surface area contributed by atoms with Gasteiger partial charge in [0.25, 0.3) is 11.8 Å². The van der Waals surface area contributed by atoms with E-state index in [0.29, 0.717) is 35.3 Å². The van der Waals surface area contributed by atoms with Crippen molar-refractivity contribution < 1.29 is 9.59 Å². The van der Waals surface area contributed by atoms with Crippen molar-refractivity contribution in [3.05, 3.63) is 107 Å². The molecular weight excluding hydrogens is 542 g/mol. The van der Waals surface area contributed by atoms with Gasteiger partial charge in [0.05, 0.1) is 23.4 Å². The van der Waals surface area contributed by atoms with E-state index in [9.17, 15) is 9.59 Å². The number of para-hydroxylation sites is 1. The molecule has 6 aromatic rings. The topological polar surface area (TPSA) is 134 Å². The lowest BCUT2D eigenvalue weighted by molar-refractivity contribution is 0.0994. The molecule has 0 spiro atoms. The Bertz CT molecular complexity index is 2030. The van der Waals surface area contributed by atoms with Crippen molar-refractivity contribution >= 4 is 45.9 Å². The van der Waals surface area contributed by atoms with Crippen molar-refractivity contribution in [1.82, 2.24) is 29.7 Å². The van der Waals surface area contributed by atoms with E-state index in [1.807, 2.05) is 51.4 Å². The summed E-state index contributed by atoms with van der Waals surface area (Å²) in [7, 11) is 1.88. The van der Waals surface area contributed by atoms with Crippen LogP contribution in [0.1, 0.15) is 37.7 Å². The monoisotopic (exact) mass is 569 g/mol. The minimum Gasteiger partial charge on any atom is -0.359 e. The summed E-state index contributed by atoms with van der Waals surface area (Å²) in [5, 5.41) is 11.5. The molecule has 2 aromatic carbocycles. The minimum absolute atomic E-state index is 0.136. The molecule has 5 heterocycles. The number of anilines is 4. The highest BCUT2D eigenvalue weighted by Gasteiger charge is 2.32. The van der Waals surface area contributed by atoms with Gasteiger partial charge in [-0.3, -0.25) is 19.3 Å². The first-order chi connectivity index (χ1) is 20.9. The van der Waals surface area contributed by atoms with Crippen LogP contribution in [0.2, 0.25) is 0 Å². The van der Waals surface area contributed by atoms with Gasteiger partial charge in [-0.25, -0.2) is 9.97 Å². The van der Waals surface area contributed by atoms with Crippen LogP contribution in [-0.4, -0.2) is 41.5 Å². The van der Waals surface area contributed by atoms with Crippen molar-refractivity contribution in [2.45, 2.75) is 20.4 Å². The summed E-state index contributed by atoms with van der Waals surface area (Å²) < 4.78 is 1.79. The average Bonchev–Trinajstić information content (AvgIpc) is 3.69. The highest BCUT2D eigenvalue weighted by molar-refractivity contribution is 6.16. The Morgan fingerprint density at radius 2 is 1.86 bits per heavy atom. The summed E-state index contributed by atoms with van der Waals surface area (Å²) >= 11 is 0. The number of H-pyrrole nitrogens is 1. The third-order valence-electron chi connectivity index (χ3n) is 7.68. The number of nitrogens with one attached hydrogen (secondary N) is 3. The van der Waals surface area contributed by atoms with Gasteiger partial charge in [0, 0.05) is 65.2 Å². The Kier molecular flexibility index (Phi) is 6.19. The van der Waals surface area contributed by atoms with E-state index in [1.54, 1.807) is 58.4 Å². The summed E-state index contributed by atoms with van der Waals surface area (Å²) in [6.45, 7) is 4.25. The Morgan fingerprint density at radius 1 is 1.00 bits per heavy atom. The van der Waals surface area contributed by atoms with Crippen molar-refractivity contribution in [2.24, 2.45) is 7.05 Å². The van der Waals surface area contributed by atoms with E-state index in [2.05, 4.69) is 30.7 Å². The molecule has 0 aliphatic carbocycles. The number of carbonyl (C=O) groups is 2. The van der Waals surface area contributed by atoms with Gasteiger partial charge >= 0.3 is 0 Å². The smallest absolute Gasteiger partial charge is 0.274 e. The molecule has 0 fully saturated rings. The lowest BCUT2D eigenvalue weighted by atomic mass is 10.1. The van der Waals surface area contributed by atoms with Crippen LogP contribution in [-0.2, 0) is 13.6 Å². The summed E-state index contributed by atoms with van der Waals surface area (Å²) in [5.41, 5.74) is 7.33. The molecule has 0 bridgehead atoms. The number of benzene rings is 2. The lowest BCUT2D eigenvalue weighted by Crippen LogP contribution is -2.23. The van der Waals surface area contributed by atoms with Gasteiger partial charge in [-0.1, -0.05) is 24.3 Å². The van der Waals surface area contributed by atoms with Crippen molar-refractivity contribution in [2.75, 3.05) is 15.5 Å². The van der Waals surface area contributed by atoms with Crippen molar-refractivity contribution in [3.63, 3.8) is 0 Å². The van der Waals surface area contributed by atoms with Gasteiger partial charge in [-0.2, -0.15) is 5.10 Å². The number of amides is 2. The summed E-state index contributed by atoms with van der Waals surface area (Å²) in [5.74, 6) is 0.639. The number of aromatic nitrogens is 6. The zero-order valence-corrected chi connectivity index (χ0v) is 23.7. The Balaban J connectivity index is 1.21. The van der Waals surface area contributed by atoms with E-state index in [0.717, 1.165) is 44.7 Å². The van der Waals surface area contributed by atoms with E-state index < -0.39 is 0 Å². The number of carbonyl (C=O) groups excluding carboxylic acids is 2. The van der Waals surface area contributed by atoms with Crippen LogP contribution in [0.5, 0.6) is 0 Å². The van der Waals surface area contributed by atoms with Crippen LogP contribution in [0.25, 0.3) is 22.2 Å². The Hall–Kier alpha value is -5.84. The number of fused-ring (bicyclic) bond motifs is 2. The standard InChI is InChI=1S/C32H27N9O2/c1-18-15-35-32(37-27-14-19(2)40(3)39-27)38-28(18)22-16-34-29-20(22)8-7-12-26(29)41-17-23-21(31(41)43)9-6-11-24(23)36-30(42)25-10-4-5-13-33-25/h4-16,34H,17H2,1-3H3,(H,36,42)(H,35,37,38,39). The van der Waals surface area contributed by atoms with Crippen LogP contribution in [0.4, 0.5) is 23.1 Å². The number of aromatic amines is 1. The Labute approximate surface area is 246 Å². The SMILES string of the molecule is Cc1cnc(Nc2cc(C)n(C)n2)nc1-c1c[nH]c2c(N3Cc4c(NC(=O)c5ccccn5)cccc4C3=O)cccc12. The minimum atomic E-state index is -0.330. The predicted molar refractivity (Wildman–Crippen MR) is 164 cm³/mol. The third kappa shape index (κ3) is 4.56. The molecule has 7 rings (SSSR count). The fourth-order valence-corrected chi connectivity index (χ4v) is 5.40. The summed E-state index contributed by atoms with van der Waals surface area (Å²) in [6.07, 6.45) is 5.26. The molecular formula is C32H27N9O2. The molecule has 11 nitrogen and oxygen atoms in total. The Morgan fingerprint density at radius 3 is 2.65 bits per heavy atom. The average molecular weight is 570 g/mol. The van der Waals surface area contributed by atoms with E-state index >= 15 is 0 Å². The molecule has 0 saturated carbocycles. The van der Waals surface area contributed by atoms with Crippen molar-refractivity contribution in [1.29, 1.82) is 0 Å². The number of hydrogen-bond donors (Lipinski definition) is 3. The number of hydrogen-bond acceptors (Lipinski definition) is 7. The molecule has 1 aliphatic rings. The molecule has 11 heteroatoms. The first kappa shape index (κ1) is 26.1. The molecule has 1 aliphatic heterocycles. The molecule has 2 amide bonds. The van der Waals surface area contributed by atoms with Gasteiger partial charge in [0.1, 0.15) is 5.69 Å². The number of rotatable bonds is 6. The quantitative estimate of drug-likeness (QED) is 0.240. The maximum absolute atomic E-state index is 13.7. The first-order valence-corrected chi connectivity index (χ1v) is 13.8. The number of aryl methyl sites for hydroxylation is 3. The second-order valence-corrected chi connectivity index (χ2v) is 10.4.